The molecule has 0 saturated heterocycles. The van der Waals surface area contributed by atoms with Crippen molar-refractivity contribution < 1.29 is 22.1 Å². The van der Waals surface area contributed by atoms with Gasteiger partial charge >= 0.3 is 0 Å². The number of ether oxygens (including phenoxy) is 1. The minimum absolute atomic E-state index is 0.121. The largest absolute Gasteiger partial charge is 0.385 e. The Morgan fingerprint density at radius 3 is 2.53 bits per heavy atom. The minimum atomic E-state index is -2.38. The van der Waals surface area contributed by atoms with Crippen LogP contribution in [0.25, 0.3) is 21.8 Å². The second-order valence-corrected chi connectivity index (χ2v) is 10.7. The number of nitrogens with zero attached hydrogens (tertiary/aromatic N) is 3. The number of halogens is 3. The number of hydrogen-bond donors (Lipinski definition) is 2. The molecule has 4 aromatic rings. The molecule has 2 aromatic carbocycles. The third-order valence-electron chi connectivity index (χ3n) is 5.38. The fourth-order valence-corrected chi connectivity index (χ4v) is 5.51. The summed E-state index contributed by atoms with van der Waals surface area (Å²) in [7, 11) is -0.740. The quantitative estimate of drug-likeness (QED) is 0.206. The Morgan fingerprint density at radius 1 is 1.05 bits per heavy atom. The van der Waals surface area contributed by atoms with Gasteiger partial charge in [0.05, 0.1) is 27.0 Å². The number of benzene rings is 2. The van der Waals surface area contributed by atoms with Crippen molar-refractivity contribution in [1.82, 2.24) is 15.0 Å². The van der Waals surface area contributed by atoms with Crippen molar-refractivity contribution in [3.63, 3.8) is 0 Å². The van der Waals surface area contributed by atoms with Crippen molar-refractivity contribution in [2.45, 2.75) is 31.1 Å². The highest BCUT2D eigenvalue weighted by atomic mass is 32.2. The van der Waals surface area contributed by atoms with Gasteiger partial charge in [-0.2, -0.15) is 0 Å². The molecule has 2 aromatic heterocycles. The third kappa shape index (κ3) is 6.37. The molecule has 0 aliphatic heterocycles. The van der Waals surface area contributed by atoms with Crippen LogP contribution in [-0.2, 0) is 15.7 Å². The smallest absolute Gasteiger partial charge is 0.223 e. The Hall–Kier alpha value is -3.35. The summed E-state index contributed by atoms with van der Waals surface area (Å²) in [5, 5.41) is 4.01. The van der Waals surface area contributed by atoms with E-state index in [4.69, 9.17) is 9.72 Å². The van der Waals surface area contributed by atoms with Crippen LogP contribution in [0.2, 0.25) is 0 Å². The van der Waals surface area contributed by atoms with E-state index < -0.39 is 33.3 Å². The summed E-state index contributed by atoms with van der Waals surface area (Å²) in [5.74, 6) is -2.15. The van der Waals surface area contributed by atoms with Gasteiger partial charge in [0, 0.05) is 37.9 Å². The maximum Gasteiger partial charge on any atom is 0.223 e. The molecule has 1 unspecified atom stereocenters. The molecular weight excluding hydrogens is 535 g/mol. The maximum atomic E-state index is 14.7. The first kappa shape index (κ1) is 27.7. The third-order valence-corrected chi connectivity index (χ3v) is 7.93. The van der Waals surface area contributed by atoms with E-state index in [9.17, 15) is 17.4 Å². The van der Waals surface area contributed by atoms with Crippen LogP contribution in [-0.4, -0.2) is 39.4 Å². The zero-order valence-electron chi connectivity index (χ0n) is 20.9. The van der Waals surface area contributed by atoms with Gasteiger partial charge in [-0.25, -0.2) is 32.3 Å². The molecular formula is C26H26F3N5O2S2. The molecule has 0 spiro atoms. The zero-order chi connectivity index (χ0) is 27.2. The number of rotatable bonds is 11. The van der Waals surface area contributed by atoms with Gasteiger partial charge in [0.25, 0.3) is 0 Å². The van der Waals surface area contributed by atoms with Crippen molar-refractivity contribution in [2.24, 2.45) is 0 Å². The summed E-state index contributed by atoms with van der Waals surface area (Å²) < 4.78 is 63.1. The average Bonchev–Trinajstić information content (AvgIpc) is 3.34. The molecule has 0 saturated carbocycles. The summed E-state index contributed by atoms with van der Waals surface area (Å²) >= 11 is 1.46. The normalized spacial score (nSPS) is 12.1. The fourth-order valence-electron chi connectivity index (χ4n) is 3.50. The summed E-state index contributed by atoms with van der Waals surface area (Å²) in [4.78, 5) is 13.8. The Bertz CT molecular complexity index is 1430. The average molecular weight is 562 g/mol. The molecule has 0 fully saturated rings. The molecule has 1 atom stereocenters. The van der Waals surface area contributed by atoms with Crippen LogP contribution in [0.3, 0.4) is 0 Å². The van der Waals surface area contributed by atoms with Crippen LogP contribution in [0.15, 0.2) is 53.6 Å². The number of nitrogens with one attached hydrogen (secondary N) is 2. The van der Waals surface area contributed by atoms with Crippen LogP contribution in [0.5, 0.6) is 0 Å². The van der Waals surface area contributed by atoms with Gasteiger partial charge < -0.3 is 10.1 Å². The minimum Gasteiger partial charge on any atom is -0.385 e. The molecule has 200 valence electrons. The summed E-state index contributed by atoms with van der Waals surface area (Å²) in [6.07, 6.45) is 2.43. The molecule has 0 aliphatic rings. The molecule has 0 radical (unpaired) electrons. The molecule has 7 nitrogen and oxygen atoms in total. The van der Waals surface area contributed by atoms with Crippen molar-refractivity contribution in [3.8, 4) is 21.8 Å². The highest BCUT2D eigenvalue weighted by Gasteiger charge is 2.21. The number of aromatic nitrogens is 3. The summed E-state index contributed by atoms with van der Waals surface area (Å²) in [6.45, 7) is 5.27. The standard InChI is InChI=1S/C26H26F3N5O2S2/c1-15(2)25-33-22(23(37-25)20-10-12-31-26(32-20)30-11-5-13-36-3)16-8-9-17(27)21(14-16)34-38(35)24-18(28)6-4-7-19(24)29/h4,6-10,12,14-15,34H,5,11,13H2,1-3H3,(H,30,31,32). The second-order valence-electron chi connectivity index (χ2n) is 8.54. The lowest BCUT2D eigenvalue weighted by molar-refractivity contribution is 0.197. The first-order valence-corrected chi connectivity index (χ1v) is 13.7. The molecule has 38 heavy (non-hydrogen) atoms. The number of methoxy groups -OCH3 is 1. The van der Waals surface area contributed by atoms with Crippen LogP contribution >= 0.6 is 11.3 Å². The van der Waals surface area contributed by atoms with E-state index in [1.165, 1.54) is 23.5 Å². The van der Waals surface area contributed by atoms with Crippen molar-refractivity contribution in [2.75, 3.05) is 30.3 Å². The highest BCUT2D eigenvalue weighted by Crippen LogP contribution is 2.39. The van der Waals surface area contributed by atoms with Gasteiger partial charge in [0.15, 0.2) is 11.0 Å². The number of hydrogen-bond acceptors (Lipinski definition) is 7. The van der Waals surface area contributed by atoms with Crippen molar-refractivity contribution in [1.29, 1.82) is 0 Å². The maximum absolute atomic E-state index is 14.7. The molecule has 0 amide bonds. The molecule has 2 N–H and O–H groups in total. The first-order chi connectivity index (χ1) is 18.3. The predicted octanol–water partition coefficient (Wildman–Crippen LogP) is 6.39. The Morgan fingerprint density at radius 2 is 1.82 bits per heavy atom. The van der Waals surface area contributed by atoms with E-state index in [2.05, 4.69) is 20.0 Å². The highest BCUT2D eigenvalue weighted by molar-refractivity contribution is 7.86. The fraction of sp³-hybridized carbons (Fsp3) is 0.269. The van der Waals surface area contributed by atoms with E-state index >= 15 is 0 Å². The first-order valence-electron chi connectivity index (χ1n) is 11.8. The summed E-state index contributed by atoms with van der Waals surface area (Å²) in [5.41, 5.74) is 1.51. The van der Waals surface area contributed by atoms with Gasteiger partial charge in [-0.1, -0.05) is 19.9 Å². The van der Waals surface area contributed by atoms with Crippen molar-refractivity contribution in [3.05, 3.63) is 71.1 Å². The second kappa shape index (κ2) is 12.5. The molecule has 2 heterocycles. The van der Waals surface area contributed by atoms with E-state index in [0.717, 1.165) is 34.5 Å². The van der Waals surface area contributed by atoms with Gasteiger partial charge in [-0.3, -0.25) is 4.72 Å². The molecule has 0 aliphatic carbocycles. The Labute approximate surface area is 225 Å². The molecule has 4 rings (SSSR count). The predicted molar refractivity (Wildman–Crippen MR) is 144 cm³/mol. The lowest BCUT2D eigenvalue weighted by Gasteiger charge is -2.11. The van der Waals surface area contributed by atoms with Gasteiger partial charge in [-0.15, -0.1) is 11.3 Å². The van der Waals surface area contributed by atoms with Crippen LogP contribution in [0.4, 0.5) is 24.8 Å². The van der Waals surface area contributed by atoms with E-state index in [0.29, 0.717) is 36.1 Å². The van der Waals surface area contributed by atoms with Crippen molar-refractivity contribution >= 4 is 34.0 Å². The lowest BCUT2D eigenvalue weighted by atomic mass is 10.1. The lowest BCUT2D eigenvalue weighted by Crippen LogP contribution is -2.10. The Balaban J connectivity index is 1.69. The number of thiazole rings is 1. The zero-order valence-corrected chi connectivity index (χ0v) is 22.6. The summed E-state index contributed by atoms with van der Waals surface area (Å²) in [6, 6.07) is 9.05. The van der Waals surface area contributed by atoms with Gasteiger partial charge in [0.1, 0.15) is 22.3 Å². The van der Waals surface area contributed by atoms with Crippen LogP contribution < -0.4 is 10.0 Å². The SMILES string of the molecule is COCCCNc1nccc(-c2sc(C(C)C)nc2-c2ccc(F)c(NS(=O)c3c(F)cccc3F)c2)n1. The molecule has 0 bridgehead atoms. The van der Waals surface area contributed by atoms with E-state index in [1.807, 2.05) is 13.8 Å². The number of anilines is 2. The van der Waals surface area contributed by atoms with Gasteiger partial charge in [-0.05, 0) is 42.8 Å². The van der Waals surface area contributed by atoms with E-state index in [1.54, 1.807) is 25.4 Å². The topological polar surface area (TPSA) is 89.0 Å². The van der Waals surface area contributed by atoms with Crippen LogP contribution in [0.1, 0.15) is 31.2 Å². The van der Waals surface area contributed by atoms with Gasteiger partial charge in [0.2, 0.25) is 5.95 Å². The Kier molecular flexibility index (Phi) is 9.08. The van der Waals surface area contributed by atoms with Crippen LogP contribution in [0, 0.1) is 17.5 Å². The molecule has 12 heteroatoms. The van der Waals surface area contributed by atoms with E-state index in [-0.39, 0.29) is 11.6 Å². The monoisotopic (exact) mass is 561 g/mol.